The molecule has 4 nitrogen and oxygen atoms in total. The molecule has 0 spiro atoms. The van der Waals surface area contributed by atoms with Crippen LogP contribution in [0.5, 0.6) is 0 Å². The van der Waals surface area contributed by atoms with E-state index in [0.29, 0.717) is 17.8 Å². The van der Waals surface area contributed by atoms with Crippen molar-refractivity contribution in [3.05, 3.63) is 36.0 Å². The van der Waals surface area contributed by atoms with Crippen LogP contribution in [0.4, 0.5) is 0 Å². The van der Waals surface area contributed by atoms with E-state index in [1.54, 1.807) is 0 Å². The first-order valence-corrected chi connectivity index (χ1v) is 6.94. The summed E-state index contributed by atoms with van der Waals surface area (Å²) in [6.45, 7) is 0. The van der Waals surface area contributed by atoms with Gasteiger partial charge in [-0.25, -0.2) is 0 Å². The normalized spacial score (nSPS) is 27.5. The molecule has 4 rings (SSSR count). The van der Waals surface area contributed by atoms with Gasteiger partial charge in [-0.05, 0) is 31.4 Å². The van der Waals surface area contributed by atoms with E-state index in [2.05, 4.69) is 15.6 Å². The molecule has 5 heteroatoms. The summed E-state index contributed by atoms with van der Waals surface area (Å²) in [5.74, 6) is 0.00977. The summed E-state index contributed by atoms with van der Waals surface area (Å²) in [6, 6.07) is 11.3. The third-order valence-electron chi connectivity index (χ3n) is 4.39. The van der Waals surface area contributed by atoms with Crippen molar-refractivity contribution < 1.29 is 4.79 Å². The molecule has 2 aliphatic rings. The number of hydrogen-bond donors (Lipinski definition) is 3. The zero-order valence-corrected chi connectivity index (χ0v) is 11.9. The summed E-state index contributed by atoms with van der Waals surface area (Å²) in [7, 11) is 0. The van der Waals surface area contributed by atoms with Crippen LogP contribution in [0.1, 0.15) is 29.8 Å². The number of rotatable bonds is 2. The van der Waals surface area contributed by atoms with Crippen molar-refractivity contribution in [2.45, 2.75) is 37.4 Å². The minimum absolute atomic E-state index is 0. The first-order valence-electron chi connectivity index (χ1n) is 6.94. The van der Waals surface area contributed by atoms with Gasteiger partial charge in [0.15, 0.2) is 0 Å². The van der Waals surface area contributed by atoms with Gasteiger partial charge in [0.25, 0.3) is 5.91 Å². The summed E-state index contributed by atoms with van der Waals surface area (Å²) in [6.07, 6.45) is 3.50. The maximum absolute atomic E-state index is 12.3. The average Bonchev–Trinajstić information content (AvgIpc) is 3.12. The summed E-state index contributed by atoms with van der Waals surface area (Å²) < 4.78 is 0. The van der Waals surface area contributed by atoms with Crippen LogP contribution in [0.2, 0.25) is 0 Å². The van der Waals surface area contributed by atoms with Gasteiger partial charge >= 0.3 is 0 Å². The van der Waals surface area contributed by atoms with Crippen molar-refractivity contribution in [1.29, 1.82) is 0 Å². The predicted molar refractivity (Wildman–Crippen MR) is 81.4 cm³/mol. The van der Waals surface area contributed by atoms with Gasteiger partial charge in [0.05, 0.1) is 0 Å². The topological polar surface area (TPSA) is 56.9 Å². The Hall–Kier alpha value is -1.52. The van der Waals surface area contributed by atoms with Gasteiger partial charge in [-0.1, -0.05) is 18.2 Å². The van der Waals surface area contributed by atoms with Crippen LogP contribution in [0.25, 0.3) is 10.9 Å². The molecule has 2 saturated heterocycles. The molecule has 2 aliphatic heterocycles. The van der Waals surface area contributed by atoms with E-state index < -0.39 is 0 Å². The lowest BCUT2D eigenvalue weighted by molar-refractivity contribution is 0.0927. The van der Waals surface area contributed by atoms with Gasteiger partial charge in [-0.2, -0.15) is 0 Å². The van der Waals surface area contributed by atoms with Crippen LogP contribution < -0.4 is 10.6 Å². The fraction of sp³-hybridized carbons (Fsp3) is 0.400. The van der Waals surface area contributed by atoms with E-state index in [-0.39, 0.29) is 24.4 Å². The number of amides is 1. The second-order valence-electron chi connectivity index (χ2n) is 5.63. The molecule has 3 atom stereocenters. The lowest BCUT2D eigenvalue weighted by Crippen LogP contribution is -2.43. The number of aromatic nitrogens is 1. The van der Waals surface area contributed by atoms with Gasteiger partial charge in [-0.3, -0.25) is 4.79 Å². The predicted octanol–water partition coefficient (Wildman–Crippen LogP) is 2.21. The monoisotopic (exact) mass is 291 g/mol. The van der Waals surface area contributed by atoms with E-state index in [9.17, 15) is 4.79 Å². The van der Waals surface area contributed by atoms with E-state index in [4.69, 9.17) is 0 Å². The Morgan fingerprint density at radius 2 is 2.10 bits per heavy atom. The van der Waals surface area contributed by atoms with Crippen LogP contribution in [-0.2, 0) is 0 Å². The molecule has 2 bridgehead atoms. The van der Waals surface area contributed by atoms with E-state index in [0.717, 1.165) is 17.3 Å². The van der Waals surface area contributed by atoms with E-state index in [1.807, 2.05) is 30.3 Å². The highest BCUT2D eigenvalue weighted by molar-refractivity contribution is 5.98. The molecule has 0 radical (unpaired) electrons. The van der Waals surface area contributed by atoms with Gasteiger partial charge in [-0.15, -0.1) is 12.4 Å². The third kappa shape index (κ3) is 2.19. The van der Waals surface area contributed by atoms with Crippen LogP contribution >= 0.6 is 12.4 Å². The maximum Gasteiger partial charge on any atom is 0.268 e. The number of para-hydroxylation sites is 1. The van der Waals surface area contributed by atoms with Gasteiger partial charge in [0, 0.05) is 29.0 Å². The second-order valence-corrected chi connectivity index (χ2v) is 5.63. The minimum atomic E-state index is 0. The molecule has 1 aromatic carbocycles. The molecule has 106 valence electrons. The molecule has 2 aromatic rings. The molecule has 1 aromatic heterocycles. The third-order valence-corrected chi connectivity index (χ3v) is 4.39. The lowest BCUT2D eigenvalue weighted by Gasteiger charge is -2.21. The Kier molecular flexibility index (Phi) is 3.44. The van der Waals surface area contributed by atoms with Crippen LogP contribution in [0.3, 0.4) is 0 Å². The summed E-state index contributed by atoms with van der Waals surface area (Å²) >= 11 is 0. The van der Waals surface area contributed by atoms with Crippen molar-refractivity contribution in [3.63, 3.8) is 0 Å². The Balaban J connectivity index is 0.00000121. The quantitative estimate of drug-likeness (QED) is 0.794. The molecule has 2 fully saturated rings. The number of nitrogens with one attached hydrogen (secondary N) is 3. The lowest BCUT2D eigenvalue weighted by atomic mass is 9.95. The van der Waals surface area contributed by atoms with Crippen molar-refractivity contribution in [2.75, 3.05) is 0 Å². The Bertz CT molecular complexity index is 606. The van der Waals surface area contributed by atoms with Crippen molar-refractivity contribution in [1.82, 2.24) is 15.6 Å². The van der Waals surface area contributed by atoms with E-state index in [1.165, 1.54) is 12.8 Å². The number of carbonyl (C=O) groups excluding carboxylic acids is 1. The summed E-state index contributed by atoms with van der Waals surface area (Å²) in [5.41, 5.74) is 1.67. The minimum Gasteiger partial charge on any atom is -0.351 e. The number of H-pyrrole nitrogens is 1. The molecule has 20 heavy (non-hydrogen) atoms. The summed E-state index contributed by atoms with van der Waals surface area (Å²) in [5, 5.41) is 7.77. The zero-order valence-electron chi connectivity index (χ0n) is 11.1. The van der Waals surface area contributed by atoms with Crippen LogP contribution in [-0.4, -0.2) is 29.0 Å². The highest BCUT2D eigenvalue weighted by Gasteiger charge is 2.39. The van der Waals surface area contributed by atoms with Crippen LogP contribution in [0, 0.1) is 0 Å². The Morgan fingerprint density at radius 1 is 1.25 bits per heavy atom. The zero-order chi connectivity index (χ0) is 12.8. The molecule has 3 N–H and O–H groups in total. The second kappa shape index (κ2) is 5.11. The fourth-order valence-corrected chi connectivity index (χ4v) is 3.43. The molecular weight excluding hydrogens is 274 g/mol. The number of aromatic amines is 1. The van der Waals surface area contributed by atoms with Gasteiger partial charge in [0.2, 0.25) is 0 Å². The average molecular weight is 292 g/mol. The van der Waals surface area contributed by atoms with Gasteiger partial charge < -0.3 is 15.6 Å². The standard InChI is InChI=1S/C15H17N3O.ClH/c19-15(18-13-8-10-5-6-12(13)16-10)14-7-9-3-1-2-4-11(9)17-14;/h1-4,7,10,12-13,16-17H,5-6,8H2,(H,18,19);1H/t10?,12?,13-;/m1./s1. The smallest absolute Gasteiger partial charge is 0.268 e. The molecule has 2 unspecified atom stereocenters. The number of fused-ring (bicyclic) bond motifs is 3. The highest BCUT2D eigenvalue weighted by Crippen LogP contribution is 2.28. The fourth-order valence-electron chi connectivity index (χ4n) is 3.43. The highest BCUT2D eigenvalue weighted by atomic mass is 35.5. The number of carbonyl (C=O) groups is 1. The van der Waals surface area contributed by atoms with Gasteiger partial charge in [0.1, 0.15) is 5.69 Å². The maximum atomic E-state index is 12.3. The first-order chi connectivity index (χ1) is 9.29. The summed E-state index contributed by atoms with van der Waals surface area (Å²) in [4.78, 5) is 15.5. The van der Waals surface area contributed by atoms with Crippen molar-refractivity contribution in [3.8, 4) is 0 Å². The molecule has 0 aliphatic carbocycles. The number of benzene rings is 1. The van der Waals surface area contributed by atoms with Crippen molar-refractivity contribution >= 4 is 29.2 Å². The molecule has 3 heterocycles. The molecular formula is C15H18ClN3O. The van der Waals surface area contributed by atoms with Crippen LogP contribution in [0.15, 0.2) is 30.3 Å². The Labute approximate surface area is 123 Å². The Morgan fingerprint density at radius 3 is 2.80 bits per heavy atom. The number of hydrogen-bond acceptors (Lipinski definition) is 2. The van der Waals surface area contributed by atoms with Crippen molar-refractivity contribution in [2.24, 2.45) is 0 Å². The number of halogens is 1. The SMILES string of the molecule is Cl.O=C(N[C@@H]1CC2CCC1N2)c1cc2ccccc2[nH]1. The largest absolute Gasteiger partial charge is 0.351 e. The molecule has 0 saturated carbocycles. The van der Waals surface area contributed by atoms with E-state index >= 15 is 0 Å². The first kappa shape index (κ1) is 13.5. The molecule has 1 amide bonds.